The summed E-state index contributed by atoms with van der Waals surface area (Å²) in [5, 5.41) is -0.142. The van der Waals surface area contributed by atoms with Gasteiger partial charge in [-0.1, -0.05) is 145 Å². The van der Waals surface area contributed by atoms with E-state index in [1.165, 1.54) is 0 Å². The summed E-state index contributed by atoms with van der Waals surface area (Å²) in [7, 11) is 0. The second kappa shape index (κ2) is 10.9. The fourth-order valence-electron chi connectivity index (χ4n) is 6.00. The number of rotatable bonds is 5. The lowest BCUT2D eigenvalue weighted by Gasteiger charge is -2.18. The third kappa shape index (κ3) is 4.48. The van der Waals surface area contributed by atoms with Crippen LogP contribution in [-0.4, -0.2) is 0 Å². The van der Waals surface area contributed by atoms with E-state index >= 15 is 0 Å². The molecule has 0 atom stereocenters. The zero-order valence-corrected chi connectivity index (χ0v) is 24.0. The lowest BCUT2D eigenvalue weighted by Crippen LogP contribution is -1.95. The Bertz CT molecular complexity index is 3370. The summed E-state index contributed by atoms with van der Waals surface area (Å²) in [5.41, 5.74) is 1.71. The Labute approximate surface area is 291 Å². The van der Waals surface area contributed by atoms with E-state index in [4.69, 9.17) is 19.5 Å². The average molecular weight is 604 g/mol. The minimum atomic E-state index is -0.773. The van der Waals surface area contributed by atoms with Crippen LogP contribution in [-0.2, 0) is 6.42 Å². The van der Waals surface area contributed by atoms with Gasteiger partial charge in [-0.2, -0.15) is 0 Å². The maximum atomic E-state index is 9.49. The highest BCUT2D eigenvalue weighted by Crippen LogP contribution is 2.41. The third-order valence-corrected chi connectivity index (χ3v) is 8.12. The molecule has 0 bridgehead atoms. The first-order valence-electron chi connectivity index (χ1n) is 23.0. The van der Waals surface area contributed by atoms with Crippen LogP contribution in [0.1, 0.15) is 34.4 Å². The molecule has 0 spiro atoms. The molecule has 0 aliphatic carbocycles. The summed E-state index contributed by atoms with van der Waals surface area (Å²) in [5.74, 6) is 0. The molecule has 0 aliphatic rings. The molecule has 1 nitrogen and oxygen atoms in total. The molecule has 1 aromatic heterocycles. The van der Waals surface area contributed by atoms with Crippen LogP contribution in [0.2, 0.25) is 0 Å². The van der Waals surface area contributed by atoms with E-state index < -0.39 is 131 Å². The highest BCUT2D eigenvalue weighted by atomic mass is 16.3. The van der Waals surface area contributed by atoms with Gasteiger partial charge in [-0.05, 0) is 96.7 Å². The van der Waals surface area contributed by atoms with Crippen molar-refractivity contribution in [3.63, 3.8) is 0 Å². The van der Waals surface area contributed by atoms with E-state index in [1.807, 2.05) is 48.5 Å². The molecule has 0 unspecified atom stereocenters. The van der Waals surface area contributed by atoms with E-state index in [9.17, 15) is 8.22 Å². The number of hydrogen-bond donors (Lipinski definition) is 0. The fourth-order valence-corrected chi connectivity index (χ4v) is 6.00. The highest BCUT2D eigenvalue weighted by Gasteiger charge is 2.16. The molecular formula is C45H30O. The second-order valence-corrected chi connectivity index (χ2v) is 10.8. The summed E-state index contributed by atoms with van der Waals surface area (Å²) in [4.78, 5) is 0. The first kappa shape index (κ1) is 14.5. The average Bonchev–Trinajstić information content (AvgIpc) is 3.65. The second-order valence-electron chi connectivity index (χ2n) is 10.8. The number of hydrogen-bond acceptors (Lipinski definition) is 1. The van der Waals surface area contributed by atoms with Crippen molar-refractivity contribution in [2.45, 2.75) is 6.42 Å². The molecule has 0 fully saturated rings. The van der Waals surface area contributed by atoms with Gasteiger partial charge in [-0.3, -0.25) is 0 Å². The molecule has 1 heterocycles. The van der Waals surface area contributed by atoms with Gasteiger partial charge in [0.15, 0.2) is 0 Å². The molecule has 1 heteroatoms. The molecular weight excluding hydrogens is 556 g/mol. The van der Waals surface area contributed by atoms with Crippen molar-refractivity contribution in [3.8, 4) is 33.4 Å². The van der Waals surface area contributed by atoms with Crippen LogP contribution in [0, 0.1) is 0 Å². The zero-order chi connectivity index (χ0) is 45.2. The van der Waals surface area contributed by atoms with Crippen LogP contribution in [0.5, 0.6) is 0 Å². The van der Waals surface area contributed by atoms with Crippen molar-refractivity contribution < 1.29 is 27.7 Å². The van der Waals surface area contributed by atoms with Crippen LogP contribution in [0.4, 0.5) is 0 Å². The topological polar surface area (TPSA) is 13.1 Å². The predicted molar refractivity (Wildman–Crippen MR) is 194 cm³/mol. The van der Waals surface area contributed by atoms with Crippen molar-refractivity contribution in [2.75, 3.05) is 0 Å². The molecule has 9 rings (SSSR count). The van der Waals surface area contributed by atoms with Crippen molar-refractivity contribution in [3.05, 3.63) is 181 Å². The fraction of sp³-hybridized carbons (Fsp3) is 0.0222. The molecule has 0 saturated carbocycles. The van der Waals surface area contributed by atoms with Gasteiger partial charge in [0.05, 0.1) is 23.3 Å². The van der Waals surface area contributed by atoms with E-state index in [0.717, 1.165) is 16.5 Å². The molecule has 0 radical (unpaired) electrons. The Morgan fingerprint density at radius 1 is 0.413 bits per heavy atom. The summed E-state index contributed by atoms with van der Waals surface area (Å²) in [6, 6.07) is 8.67. The largest absolute Gasteiger partial charge is 0.456 e. The smallest absolute Gasteiger partial charge is 0.135 e. The SMILES string of the molecule is [2H]c1c([2H])c([2H])c(Cc2c3c([2H])c([2H])c([2H])c([2H])c3c(-c3c([2H])c([2H])c(-c4ccc5oc6ccc(-c7ccccc7)cc6c5c4)c([2H])c3[2H])c3c([2H])c([2H])c([2H])c([2H])c23)c([2H])c1[2H]. The number of benzene rings is 8. The maximum Gasteiger partial charge on any atom is 0.135 e. The van der Waals surface area contributed by atoms with E-state index in [-0.39, 0.29) is 27.5 Å². The molecule has 0 N–H and O–H groups in total. The van der Waals surface area contributed by atoms with E-state index in [1.54, 1.807) is 18.2 Å². The van der Waals surface area contributed by atoms with Crippen LogP contribution >= 0.6 is 0 Å². The quantitative estimate of drug-likeness (QED) is 0.178. The maximum absolute atomic E-state index is 9.49. The zero-order valence-electron chi connectivity index (χ0n) is 41.0. The van der Waals surface area contributed by atoms with Crippen molar-refractivity contribution in [2.24, 2.45) is 0 Å². The first-order chi connectivity index (χ1) is 29.9. The molecule has 9 aromatic rings. The number of furan rings is 1. The third-order valence-electron chi connectivity index (χ3n) is 8.12. The lowest BCUT2D eigenvalue weighted by atomic mass is 9.86. The Hall–Kier alpha value is -5.92. The molecule has 8 aromatic carbocycles. The predicted octanol–water partition coefficient (Wildman–Crippen LogP) is 12.5. The lowest BCUT2D eigenvalue weighted by molar-refractivity contribution is 0.669. The summed E-state index contributed by atoms with van der Waals surface area (Å²) >= 11 is 0. The summed E-state index contributed by atoms with van der Waals surface area (Å²) in [6.07, 6.45) is -0.654. The van der Waals surface area contributed by atoms with E-state index in [0.29, 0.717) is 22.1 Å². The van der Waals surface area contributed by atoms with Gasteiger partial charge in [0.1, 0.15) is 11.2 Å². The van der Waals surface area contributed by atoms with Crippen LogP contribution in [0.25, 0.3) is 76.9 Å². The first-order valence-corrected chi connectivity index (χ1v) is 14.5. The van der Waals surface area contributed by atoms with Crippen LogP contribution in [0.3, 0.4) is 0 Å². The Morgan fingerprint density at radius 3 is 1.54 bits per heavy atom. The molecule has 0 saturated heterocycles. The van der Waals surface area contributed by atoms with Crippen LogP contribution in [0.15, 0.2) is 174 Å². The summed E-state index contributed by atoms with van der Waals surface area (Å²) in [6.45, 7) is 0. The molecule has 0 amide bonds. The number of fused-ring (bicyclic) bond motifs is 5. The Balaban J connectivity index is 1.38. The van der Waals surface area contributed by atoms with Gasteiger partial charge in [0, 0.05) is 10.8 Å². The Kier molecular flexibility index (Phi) is 3.43. The minimum Gasteiger partial charge on any atom is -0.456 e. The van der Waals surface area contributed by atoms with Gasteiger partial charge in [-0.15, -0.1) is 0 Å². The van der Waals surface area contributed by atoms with Crippen molar-refractivity contribution in [1.29, 1.82) is 0 Å². The summed E-state index contributed by atoms with van der Waals surface area (Å²) < 4.78 is 157. The molecule has 46 heavy (non-hydrogen) atoms. The Morgan fingerprint density at radius 2 is 0.935 bits per heavy atom. The van der Waals surface area contributed by atoms with Crippen LogP contribution < -0.4 is 0 Å². The van der Waals surface area contributed by atoms with Gasteiger partial charge in [0.2, 0.25) is 0 Å². The van der Waals surface area contributed by atoms with Crippen molar-refractivity contribution >= 4 is 43.5 Å². The monoisotopic (exact) mass is 603 g/mol. The normalized spacial score (nSPS) is 16.7. The molecule has 216 valence electrons. The van der Waals surface area contributed by atoms with Gasteiger partial charge < -0.3 is 4.42 Å². The van der Waals surface area contributed by atoms with Gasteiger partial charge in [-0.25, -0.2) is 0 Å². The van der Waals surface area contributed by atoms with Gasteiger partial charge in [0.25, 0.3) is 0 Å². The van der Waals surface area contributed by atoms with Gasteiger partial charge >= 0.3 is 0 Å². The standard InChI is InChI=1S/C45H30O/c1-3-11-30(12-4-1)27-40-36-15-7-9-17-38(36)45(39-18-10-8-16-37(39)40)33-21-19-32(20-22-33)35-24-26-44-42(29-35)41-28-34(23-25-43(41)46-44)31-13-5-2-6-14-31/h1-26,28-29H,27H2/i1D,3D,4D,7D,8D,9D,10D,11D,12D,15D,16D,17D,18D,19D,20D,21D,22D. The molecule has 0 aliphatic heterocycles. The van der Waals surface area contributed by atoms with Crippen molar-refractivity contribution in [1.82, 2.24) is 0 Å². The highest BCUT2D eigenvalue weighted by molar-refractivity contribution is 6.15. The minimum absolute atomic E-state index is 0.112. The van der Waals surface area contributed by atoms with E-state index in [2.05, 4.69) is 0 Å².